The van der Waals surface area contributed by atoms with Gasteiger partial charge in [-0.1, -0.05) is 112 Å². The summed E-state index contributed by atoms with van der Waals surface area (Å²) >= 11 is 0. The van der Waals surface area contributed by atoms with Crippen molar-refractivity contribution >= 4 is 23.6 Å². The van der Waals surface area contributed by atoms with Crippen LogP contribution in [-0.4, -0.2) is 58.8 Å². The number of unbranched alkanes of at least 4 members (excludes halogenated alkanes) is 9. The van der Waals surface area contributed by atoms with Crippen LogP contribution in [0.25, 0.3) is 0 Å². The van der Waals surface area contributed by atoms with E-state index in [1.165, 1.54) is 12.8 Å². The Morgan fingerprint density at radius 2 is 0.769 bits per heavy atom. The van der Waals surface area contributed by atoms with E-state index in [9.17, 15) is 19.2 Å². The normalized spacial score (nSPS) is 11.9. The number of nitrogens with zero attached hydrogens (tertiary/aromatic N) is 2. The maximum Gasteiger partial charge on any atom is 0.252 e. The van der Waals surface area contributed by atoms with Crippen molar-refractivity contribution in [2.75, 3.05) is 13.1 Å². The van der Waals surface area contributed by atoms with E-state index in [-0.39, 0.29) is 23.6 Å². The van der Waals surface area contributed by atoms with Gasteiger partial charge in [-0.05, 0) is 48.2 Å². The predicted octanol–water partition coefficient (Wildman–Crippen LogP) is 5.99. The largest absolute Gasteiger partial charge is 0.354 e. The molecule has 2 heterocycles. The summed E-state index contributed by atoms with van der Waals surface area (Å²) in [7, 11) is 0. The number of amides is 4. The number of aromatic nitrogens is 2. The maximum atomic E-state index is 13.1. The van der Waals surface area contributed by atoms with Crippen molar-refractivity contribution in [2.24, 2.45) is 0 Å². The topological polar surface area (TPSA) is 142 Å². The first-order valence-electron chi connectivity index (χ1n) is 18.5. The SMILES string of the molecule is O=C(N[C@@H](Cc1ccccc1)C(=O)NCCCCCCCCCCCCNC(=O)[C@H](Cc1ccccc1)NC(=O)c1ccncc1)c1ccncc1. The van der Waals surface area contributed by atoms with E-state index in [4.69, 9.17) is 0 Å². The van der Waals surface area contributed by atoms with E-state index < -0.39 is 12.1 Å². The number of rotatable bonds is 23. The molecule has 0 fully saturated rings. The van der Waals surface area contributed by atoms with Gasteiger partial charge >= 0.3 is 0 Å². The lowest BCUT2D eigenvalue weighted by atomic mass is 10.0. The van der Waals surface area contributed by atoms with Gasteiger partial charge in [0, 0.05) is 61.8 Å². The molecule has 2 aromatic carbocycles. The minimum atomic E-state index is -0.665. The fourth-order valence-electron chi connectivity index (χ4n) is 5.94. The number of carbonyl (C=O) groups excluding carboxylic acids is 4. The Hall–Kier alpha value is -5.38. The molecule has 4 N–H and O–H groups in total. The van der Waals surface area contributed by atoms with Crippen LogP contribution in [0.1, 0.15) is 96.1 Å². The molecule has 0 spiro atoms. The Bertz CT molecular complexity index is 1500. The lowest BCUT2D eigenvalue weighted by molar-refractivity contribution is -0.123. The molecule has 0 bridgehead atoms. The summed E-state index contributed by atoms with van der Waals surface area (Å²) in [6, 6.07) is 24.6. The van der Waals surface area contributed by atoms with Crippen LogP contribution < -0.4 is 21.3 Å². The van der Waals surface area contributed by atoms with E-state index >= 15 is 0 Å². The first kappa shape index (κ1) is 39.4. The van der Waals surface area contributed by atoms with Crippen LogP contribution in [-0.2, 0) is 22.4 Å². The van der Waals surface area contributed by atoms with Crippen molar-refractivity contribution in [3.63, 3.8) is 0 Å². The molecular formula is C42H52N6O4. The second-order valence-electron chi connectivity index (χ2n) is 13.0. The fraction of sp³-hybridized carbons (Fsp3) is 0.381. The van der Waals surface area contributed by atoms with Crippen molar-refractivity contribution in [2.45, 2.75) is 89.1 Å². The van der Waals surface area contributed by atoms with E-state index in [1.54, 1.807) is 49.1 Å². The van der Waals surface area contributed by atoms with Gasteiger partial charge in [0.05, 0.1) is 0 Å². The molecule has 10 heteroatoms. The maximum absolute atomic E-state index is 13.1. The molecule has 0 aliphatic heterocycles. The molecule has 0 saturated carbocycles. The van der Waals surface area contributed by atoms with Gasteiger partial charge in [-0.3, -0.25) is 29.1 Å². The number of carbonyl (C=O) groups is 4. The fourth-order valence-corrected chi connectivity index (χ4v) is 5.94. The minimum Gasteiger partial charge on any atom is -0.354 e. The summed E-state index contributed by atoms with van der Waals surface area (Å²) in [5, 5.41) is 11.8. The summed E-state index contributed by atoms with van der Waals surface area (Å²) in [6.45, 7) is 1.16. The highest BCUT2D eigenvalue weighted by Crippen LogP contribution is 2.11. The molecule has 0 radical (unpaired) electrons. The van der Waals surface area contributed by atoms with Gasteiger partial charge in [-0.15, -0.1) is 0 Å². The number of hydrogen-bond donors (Lipinski definition) is 4. The van der Waals surface area contributed by atoms with E-state index in [1.807, 2.05) is 60.7 Å². The molecule has 4 rings (SSSR count). The number of benzene rings is 2. The third kappa shape index (κ3) is 14.8. The van der Waals surface area contributed by atoms with Gasteiger partial charge in [0.1, 0.15) is 12.1 Å². The second kappa shape index (κ2) is 23.2. The summed E-state index contributed by atoms with van der Waals surface area (Å²) in [6.07, 6.45) is 17.9. The molecule has 4 amide bonds. The van der Waals surface area contributed by atoms with Crippen molar-refractivity contribution in [1.29, 1.82) is 0 Å². The van der Waals surface area contributed by atoms with Crippen LogP contribution >= 0.6 is 0 Å². The lowest BCUT2D eigenvalue weighted by Gasteiger charge is -2.19. The quantitative estimate of drug-likeness (QED) is 0.0699. The van der Waals surface area contributed by atoms with Crippen LogP contribution in [0.3, 0.4) is 0 Å². The van der Waals surface area contributed by atoms with E-state index in [2.05, 4.69) is 31.2 Å². The molecule has 0 saturated heterocycles. The third-order valence-corrected chi connectivity index (χ3v) is 8.90. The third-order valence-electron chi connectivity index (χ3n) is 8.90. The Morgan fingerprint density at radius 1 is 0.442 bits per heavy atom. The average molecular weight is 705 g/mol. The minimum absolute atomic E-state index is 0.175. The van der Waals surface area contributed by atoms with Gasteiger partial charge in [0.2, 0.25) is 11.8 Å². The molecule has 4 aromatic rings. The molecule has 2 aromatic heterocycles. The van der Waals surface area contributed by atoms with Crippen molar-refractivity contribution in [3.8, 4) is 0 Å². The van der Waals surface area contributed by atoms with Crippen LogP contribution in [0, 0.1) is 0 Å². The van der Waals surface area contributed by atoms with Crippen molar-refractivity contribution < 1.29 is 19.2 Å². The Balaban J connectivity index is 1.04. The lowest BCUT2D eigenvalue weighted by Crippen LogP contribution is -2.48. The number of nitrogens with one attached hydrogen (secondary N) is 4. The molecule has 10 nitrogen and oxygen atoms in total. The summed E-state index contributed by atoms with van der Waals surface area (Å²) in [5.74, 6) is -0.938. The van der Waals surface area contributed by atoms with Crippen LogP contribution in [0.5, 0.6) is 0 Å². The highest BCUT2D eigenvalue weighted by molar-refractivity contribution is 5.98. The standard InChI is InChI=1S/C42H52N6O4/c49-39(35-21-27-43-28-22-35)47-37(31-33-17-11-9-12-18-33)41(51)45-25-15-7-5-3-1-2-4-6-8-16-26-46-42(52)38(32-34-19-13-10-14-20-34)48-40(50)36-23-29-44-30-24-36/h9-14,17-24,27-30,37-38H,1-8,15-16,25-26,31-32H2,(H,45,51)(H,46,52)(H,47,49)(H,48,50)/t37-,38-/m0/s1. The number of hydrogen-bond acceptors (Lipinski definition) is 6. The van der Waals surface area contributed by atoms with Gasteiger partial charge in [-0.2, -0.15) is 0 Å². The zero-order chi connectivity index (χ0) is 36.6. The molecule has 2 atom stereocenters. The Kier molecular flexibility index (Phi) is 17.6. The molecular weight excluding hydrogens is 652 g/mol. The molecule has 52 heavy (non-hydrogen) atoms. The molecule has 0 aliphatic carbocycles. The first-order chi connectivity index (χ1) is 25.5. The highest BCUT2D eigenvalue weighted by Gasteiger charge is 2.23. The summed E-state index contributed by atoms with van der Waals surface area (Å²) in [4.78, 5) is 59.5. The van der Waals surface area contributed by atoms with Gasteiger partial charge in [0.15, 0.2) is 0 Å². The Morgan fingerprint density at radius 3 is 1.12 bits per heavy atom. The smallest absolute Gasteiger partial charge is 0.252 e. The van der Waals surface area contributed by atoms with Gasteiger partial charge < -0.3 is 21.3 Å². The highest BCUT2D eigenvalue weighted by atomic mass is 16.2. The molecule has 274 valence electrons. The molecule has 0 aliphatic rings. The second-order valence-corrected chi connectivity index (χ2v) is 13.0. The van der Waals surface area contributed by atoms with E-state index in [0.717, 1.165) is 62.5 Å². The van der Waals surface area contributed by atoms with Gasteiger partial charge in [0.25, 0.3) is 11.8 Å². The average Bonchev–Trinajstić information content (AvgIpc) is 3.18. The summed E-state index contributed by atoms with van der Waals surface area (Å²) < 4.78 is 0. The monoisotopic (exact) mass is 704 g/mol. The van der Waals surface area contributed by atoms with Crippen molar-refractivity contribution in [1.82, 2.24) is 31.2 Å². The zero-order valence-electron chi connectivity index (χ0n) is 30.0. The van der Waals surface area contributed by atoms with E-state index in [0.29, 0.717) is 37.1 Å². The first-order valence-corrected chi connectivity index (χ1v) is 18.5. The van der Waals surface area contributed by atoms with Crippen LogP contribution in [0.2, 0.25) is 0 Å². The Labute approximate surface area is 307 Å². The molecule has 0 unspecified atom stereocenters. The predicted molar refractivity (Wildman–Crippen MR) is 203 cm³/mol. The van der Waals surface area contributed by atoms with Crippen LogP contribution in [0.15, 0.2) is 110 Å². The van der Waals surface area contributed by atoms with Crippen LogP contribution in [0.4, 0.5) is 0 Å². The number of pyridine rings is 2. The summed E-state index contributed by atoms with van der Waals surface area (Å²) in [5.41, 5.74) is 2.91. The zero-order valence-corrected chi connectivity index (χ0v) is 30.0. The van der Waals surface area contributed by atoms with Crippen molar-refractivity contribution in [3.05, 3.63) is 132 Å². The van der Waals surface area contributed by atoms with Gasteiger partial charge in [-0.25, -0.2) is 0 Å².